The van der Waals surface area contributed by atoms with Gasteiger partial charge in [-0.3, -0.25) is 0 Å². The molecule has 4 rings (SSSR count). The number of anilines is 1. The number of aromatic nitrogens is 4. The van der Waals surface area contributed by atoms with E-state index in [0.717, 1.165) is 48.5 Å². The molecule has 0 spiro atoms. The monoisotopic (exact) mass is 452 g/mol. The number of aryl methyl sites for hydroxylation is 1. The molecule has 33 heavy (non-hydrogen) atoms. The van der Waals surface area contributed by atoms with Gasteiger partial charge in [0.2, 0.25) is 5.95 Å². The molecule has 0 saturated carbocycles. The minimum atomic E-state index is 0.0765. The first-order valence-corrected chi connectivity index (χ1v) is 12.0. The molecule has 1 aliphatic rings. The Morgan fingerprint density at radius 3 is 2.79 bits per heavy atom. The maximum Gasteiger partial charge on any atom is 0.322 e. The standard InChI is InChI=1S/C25H36N6O2/c1-16(2)15-32-22-11-18(5)8-9-19(22)12-27-24-30-25(33-20-7-6-10-26-13-20)29-23-21(17(3)4)14-28-31(23)24/h8-9,11,14,16-17,20,26H,6-7,10,12-13,15H2,1-5H3,(H,27,29,30)/t20-/m1/s1. The molecule has 8 heteroatoms. The van der Waals surface area contributed by atoms with Gasteiger partial charge >= 0.3 is 6.01 Å². The minimum Gasteiger partial charge on any atom is -0.493 e. The Hall–Kier alpha value is -2.87. The highest BCUT2D eigenvalue weighted by Gasteiger charge is 2.20. The summed E-state index contributed by atoms with van der Waals surface area (Å²) in [6.45, 7) is 13.7. The van der Waals surface area contributed by atoms with Gasteiger partial charge < -0.3 is 20.1 Å². The number of nitrogens with one attached hydrogen (secondary N) is 2. The summed E-state index contributed by atoms with van der Waals surface area (Å²) in [6, 6.07) is 6.68. The summed E-state index contributed by atoms with van der Waals surface area (Å²) >= 11 is 0. The third-order valence-electron chi connectivity index (χ3n) is 5.75. The van der Waals surface area contributed by atoms with Gasteiger partial charge in [0.15, 0.2) is 5.65 Å². The molecular formula is C25H36N6O2. The van der Waals surface area contributed by atoms with E-state index in [1.807, 2.05) is 6.20 Å². The summed E-state index contributed by atoms with van der Waals surface area (Å²) < 4.78 is 14.0. The summed E-state index contributed by atoms with van der Waals surface area (Å²) in [5.41, 5.74) is 4.10. The van der Waals surface area contributed by atoms with E-state index in [9.17, 15) is 0 Å². The Bertz CT molecular complexity index is 1070. The van der Waals surface area contributed by atoms with Gasteiger partial charge in [-0.15, -0.1) is 0 Å². The normalized spacial score (nSPS) is 16.5. The van der Waals surface area contributed by atoms with Crippen molar-refractivity contribution in [2.24, 2.45) is 5.92 Å². The van der Waals surface area contributed by atoms with Crippen molar-refractivity contribution >= 4 is 11.6 Å². The molecule has 0 aliphatic carbocycles. The van der Waals surface area contributed by atoms with Crippen LogP contribution in [0.1, 0.15) is 63.1 Å². The molecule has 2 aromatic heterocycles. The van der Waals surface area contributed by atoms with Crippen LogP contribution < -0.4 is 20.1 Å². The summed E-state index contributed by atoms with van der Waals surface area (Å²) in [5, 5.41) is 11.4. The highest BCUT2D eigenvalue weighted by Crippen LogP contribution is 2.26. The smallest absolute Gasteiger partial charge is 0.322 e. The molecule has 1 aliphatic heterocycles. The number of rotatable bonds is 9. The lowest BCUT2D eigenvalue weighted by atomic mass is 10.1. The molecular weight excluding hydrogens is 416 g/mol. The first-order chi connectivity index (χ1) is 15.9. The molecule has 0 unspecified atom stereocenters. The Balaban J connectivity index is 1.61. The van der Waals surface area contributed by atoms with Gasteiger partial charge in [0.05, 0.1) is 12.8 Å². The fourth-order valence-corrected chi connectivity index (χ4v) is 3.89. The van der Waals surface area contributed by atoms with Crippen LogP contribution in [0.25, 0.3) is 5.65 Å². The van der Waals surface area contributed by atoms with Crippen molar-refractivity contribution in [1.29, 1.82) is 0 Å². The first-order valence-electron chi connectivity index (χ1n) is 12.0. The summed E-state index contributed by atoms with van der Waals surface area (Å²) in [4.78, 5) is 9.41. The molecule has 3 aromatic rings. The Kier molecular flexibility index (Phi) is 7.33. The van der Waals surface area contributed by atoms with Gasteiger partial charge in [0, 0.05) is 24.2 Å². The number of ether oxygens (including phenoxy) is 2. The lowest BCUT2D eigenvalue weighted by Gasteiger charge is -2.23. The molecule has 178 valence electrons. The molecule has 2 N–H and O–H groups in total. The Labute approximate surface area is 196 Å². The van der Waals surface area contributed by atoms with Gasteiger partial charge in [0.1, 0.15) is 11.9 Å². The number of benzene rings is 1. The highest BCUT2D eigenvalue weighted by molar-refractivity contribution is 5.53. The predicted octanol–water partition coefficient (Wildman–Crippen LogP) is 4.33. The summed E-state index contributed by atoms with van der Waals surface area (Å²) in [5.74, 6) is 2.26. The van der Waals surface area contributed by atoms with Gasteiger partial charge in [0.25, 0.3) is 0 Å². The van der Waals surface area contributed by atoms with Crippen molar-refractivity contribution in [2.45, 2.75) is 66.0 Å². The molecule has 0 bridgehead atoms. The molecule has 1 fully saturated rings. The van der Waals surface area contributed by atoms with Crippen LogP contribution in [-0.2, 0) is 6.54 Å². The van der Waals surface area contributed by atoms with Crippen molar-refractivity contribution in [1.82, 2.24) is 24.9 Å². The predicted molar refractivity (Wildman–Crippen MR) is 130 cm³/mol. The summed E-state index contributed by atoms with van der Waals surface area (Å²) in [7, 11) is 0. The van der Waals surface area contributed by atoms with Gasteiger partial charge in [-0.1, -0.05) is 39.8 Å². The topological polar surface area (TPSA) is 85.6 Å². The Morgan fingerprint density at radius 2 is 2.06 bits per heavy atom. The minimum absolute atomic E-state index is 0.0765. The third kappa shape index (κ3) is 5.74. The molecule has 1 aromatic carbocycles. The van der Waals surface area contributed by atoms with Crippen molar-refractivity contribution in [2.75, 3.05) is 25.0 Å². The van der Waals surface area contributed by atoms with Crippen LogP contribution in [0.5, 0.6) is 11.8 Å². The van der Waals surface area contributed by atoms with Crippen LogP contribution in [0.15, 0.2) is 24.4 Å². The van der Waals surface area contributed by atoms with E-state index in [4.69, 9.17) is 19.4 Å². The van der Waals surface area contributed by atoms with Gasteiger partial charge in [-0.05, 0) is 49.8 Å². The van der Waals surface area contributed by atoms with E-state index in [-0.39, 0.29) is 6.10 Å². The zero-order chi connectivity index (χ0) is 23.4. The van der Waals surface area contributed by atoms with E-state index in [0.29, 0.717) is 36.9 Å². The molecule has 1 atom stereocenters. The van der Waals surface area contributed by atoms with Crippen LogP contribution in [-0.4, -0.2) is 45.4 Å². The van der Waals surface area contributed by atoms with Crippen LogP contribution in [0.3, 0.4) is 0 Å². The first kappa shape index (κ1) is 23.3. The lowest BCUT2D eigenvalue weighted by Crippen LogP contribution is -2.37. The maximum absolute atomic E-state index is 6.17. The van der Waals surface area contributed by atoms with Crippen molar-refractivity contribution in [3.8, 4) is 11.8 Å². The average molecular weight is 453 g/mol. The lowest BCUT2D eigenvalue weighted by molar-refractivity contribution is 0.153. The fraction of sp³-hybridized carbons (Fsp3) is 0.560. The quantitative estimate of drug-likeness (QED) is 0.500. The van der Waals surface area contributed by atoms with Crippen molar-refractivity contribution < 1.29 is 9.47 Å². The fourth-order valence-electron chi connectivity index (χ4n) is 3.89. The number of hydrogen-bond acceptors (Lipinski definition) is 7. The maximum atomic E-state index is 6.17. The van der Waals surface area contributed by atoms with E-state index in [2.05, 4.69) is 68.6 Å². The van der Waals surface area contributed by atoms with E-state index in [1.165, 1.54) is 5.56 Å². The molecule has 0 amide bonds. The zero-order valence-corrected chi connectivity index (χ0v) is 20.4. The van der Waals surface area contributed by atoms with Crippen LogP contribution in [0.2, 0.25) is 0 Å². The summed E-state index contributed by atoms with van der Waals surface area (Å²) in [6.07, 6.45) is 4.04. The van der Waals surface area contributed by atoms with E-state index >= 15 is 0 Å². The molecule has 3 heterocycles. The number of nitrogens with zero attached hydrogens (tertiary/aromatic N) is 4. The Morgan fingerprint density at radius 1 is 1.21 bits per heavy atom. The second-order valence-corrected chi connectivity index (χ2v) is 9.58. The van der Waals surface area contributed by atoms with E-state index in [1.54, 1.807) is 4.52 Å². The molecule has 1 saturated heterocycles. The highest BCUT2D eigenvalue weighted by atomic mass is 16.5. The van der Waals surface area contributed by atoms with Gasteiger partial charge in [-0.2, -0.15) is 19.6 Å². The van der Waals surface area contributed by atoms with Crippen molar-refractivity contribution in [3.63, 3.8) is 0 Å². The third-order valence-corrected chi connectivity index (χ3v) is 5.75. The second-order valence-electron chi connectivity index (χ2n) is 9.58. The molecule has 8 nitrogen and oxygen atoms in total. The van der Waals surface area contributed by atoms with Gasteiger partial charge in [-0.25, -0.2) is 0 Å². The SMILES string of the molecule is Cc1ccc(CNc2nc(O[C@@H]3CCCNC3)nc3c(C(C)C)cnn23)c(OCC(C)C)c1. The molecule has 0 radical (unpaired) electrons. The number of piperidine rings is 1. The van der Waals surface area contributed by atoms with Crippen LogP contribution in [0, 0.1) is 12.8 Å². The van der Waals surface area contributed by atoms with Crippen LogP contribution in [0.4, 0.5) is 5.95 Å². The largest absolute Gasteiger partial charge is 0.493 e. The number of fused-ring (bicyclic) bond motifs is 1. The van der Waals surface area contributed by atoms with Crippen molar-refractivity contribution in [3.05, 3.63) is 41.1 Å². The van der Waals surface area contributed by atoms with Crippen LogP contribution >= 0.6 is 0 Å². The average Bonchev–Trinajstić information content (AvgIpc) is 3.22. The van der Waals surface area contributed by atoms with E-state index < -0.39 is 0 Å². The zero-order valence-electron chi connectivity index (χ0n) is 20.4. The number of hydrogen-bond donors (Lipinski definition) is 2. The second kappa shape index (κ2) is 10.4.